The summed E-state index contributed by atoms with van der Waals surface area (Å²) in [6.07, 6.45) is 0. The third kappa shape index (κ3) is 2.50. The smallest absolute Gasteiger partial charge is 0.296 e. The van der Waals surface area contributed by atoms with Gasteiger partial charge >= 0.3 is 0 Å². The van der Waals surface area contributed by atoms with Gasteiger partial charge in [0, 0.05) is 0 Å². The molecule has 7 nitrogen and oxygen atoms in total. The lowest BCUT2D eigenvalue weighted by Gasteiger charge is -2.06. The van der Waals surface area contributed by atoms with E-state index >= 15 is 0 Å². The molecule has 0 aliphatic rings. The molecule has 0 atom stereocenters. The fourth-order valence-electron chi connectivity index (χ4n) is 1.15. The van der Waals surface area contributed by atoms with E-state index in [9.17, 15) is 16.8 Å². The van der Waals surface area contributed by atoms with Crippen molar-refractivity contribution in [3.63, 3.8) is 0 Å². The summed E-state index contributed by atoms with van der Waals surface area (Å²) in [7, 11) is -9.10. The maximum atomic E-state index is 10.8. The second-order valence-electron chi connectivity index (χ2n) is 3.06. The molecule has 0 saturated carbocycles. The highest BCUT2D eigenvalue weighted by Gasteiger charge is 2.21. The first-order valence-corrected chi connectivity index (χ1v) is 6.72. The van der Waals surface area contributed by atoms with Gasteiger partial charge in [0.2, 0.25) is 0 Å². The molecule has 0 saturated heterocycles. The van der Waals surface area contributed by atoms with Gasteiger partial charge in [-0.05, 0) is 24.6 Å². The summed E-state index contributed by atoms with van der Waals surface area (Å²) in [5.41, 5.74) is 6.44. The molecule has 0 heterocycles. The van der Waals surface area contributed by atoms with E-state index in [0.717, 1.165) is 6.07 Å². The number of nitrogens with one attached hydrogen (secondary N) is 1. The summed E-state index contributed by atoms with van der Waals surface area (Å²) < 4.78 is 60.7. The fraction of sp³-hybridized carbons (Fsp3) is 0.143. The van der Waals surface area contributed by atoms with Crippen LogP contribution in [0.25, 0.3) is 0 Å². The topological polar surface area (TPSA) is 133 Å². The predicted octanol–water partition coefficient (Wildman–Crippen LogP) is 0.403. The normalized spacial score (nSPS) is 12.7. The molecule has 3 N–H and O–H groups in total. The van der Waals surface area contributed by atoms with Crippen molar-refractivity contribution >= 4 is 25.9 Å². The van der Waals surface area contributed by atoms with Crippen molar-refractivity contribution < 1.29 is 25.9 Å². The molecule has 16 heavy (non-hydrogen) atoms. The minimum Gasteiger partial charge on any atom is -0.299 e. The van der Waals surface area contributed by atoms with Crippen LogP contribution in [0.15, 0.2) is 21.9 Å². The van der Waals surface area contributed by atoms with E-state index in [-0.39, 0.29) is 5.56 Å². The summed E-state index contributed by atoms with van der Waals surface area (Å²) in [5.74, 6) is 0. The lowest BCUT2D eigenvalue weighted by atomic mass is 10.2. The van der Waals surface area contributed by atoms with E-state index in [4.69, 9.17) is 14.8 Å². The average Bonchev–Trinajstić information content (AvgIpc) is 2.04. The molecular weight excluding hydrogens is 258 g/mol. The Balaban J connectivity index is 3.65. The molecule has 0 aliphatic heterocycles. The van der Waals surface area contributed by atoms with Gasteiger partial charge < -0.3 is 0 Å². The van der Waals surface area contributed by atoms with Crippen LogP contribution in [-0.4, -0.2) is 25.9 Å². The Kier molecular flexibility index (Phi) is 2.98. The lowest BCUT2D eigenvalue weighted by molar-refractivity contribution is 0.478. The molecule has 0 aromatic heterocycles. The van der Waals surface area contributed by atoms with Crippen LogP contribution in [0, 0.1) is 6.92 Å². The van der Waals surface area contributed by atoms with E-state index in [0.29, 0.717) is 6.07 Å². The standard InChI is InChI=1S/C7H8NO6S2/c1-4-2-7(16(12,13)14)5(8)3-6(4)15(9,10)11/h2-3,8H,1H3,(H,9,10,11)(H,12,13,14). The second kappa shape index (κ2) is 3.70. The monoisotopic (exact) mass is 266 g/mol. The molecular formula is C7H8NO6S2. The predicted molar refractivity (Wildman–Crippen MR) is 53.6 cm³/mol. The summed E-state index contributed by atoms with van der Waals surface area (Å²) in [6.45, 7) is 1.23. The molecule has 0 unspecified atom stereocenters. The first-order valence-electron chi connectivity index (χ1n) is 3.84. The molecule has 1 aromatic carbocycles. The van der Waals surface area contributed by atoms with Gasteiger partial charge in [0.05, 0.1) is 10.6 Å². The van der Waals surface area contributed by atoms with Gasteiger partial charge in [-0.25, -0.2) is 0 Å². The van der Waals surface area contributed by atoms with Gasteiger partial charge in [0.25, 0.3) is 20.2 Å². The lowest BCUT2D eigenvalue weighted by Crippen LogP contribution is -2.05. The number of rotatable bonds is 2. The van der Waals surface area contributed by atoms with Crippen LogP contribution in [-0.2, 0) is 20.2 Å². The third-order valence-electron chi connectivity index (χ3n) is 1.83. The van der Waals surface area contributed by atoms with Crippen molar-refractivity contribution in [2.24, 2.45) is 0 Å². The SMILES string of the molecule is Cc1cc(S(=O)(=O)O)c([NH])cc1S(=O)(=O)O. The zero-order valence-corrected chi connectivity index (χ0v) is 9.63. The number of benzene rings is 1. The van der Waals surface area contributed by atoms with Crippen LogP contribution in [0.3, 0.4) is 0 Å². The quantitative estimate of drug-likeness (QED) is 0.744. The zero-order chi connectivity index (χ0) is 12.7. The van der Waals surface area contributed by atoms with Crippen molar-refractivity contribution in [3.05, 3.63) is 17.7 Å². The van der Waals surface area contributed by atoms with Crippen molar-refractivity contribution in [2.45, 2.75) is 16.7 Å². The fourth-order valence-corrected chi connectivity index (χ4v) is 2.55. The molecule has 0 bridgehead atoms. The number of hydrogen-bond donors (Lipinski definition) is 2. The van der Waals surface area contributed by atoms with Gasteiger partial charge in [-0.15, -0.1) is 0 Å². The number of hydrogen-bond acceptors (Lipinski definition) is 4. The summed E-state index contributed by atoms with van der Waals surface area (Å²) in [5, 5.41) is 0. The van der Waals surface area contributed by atoms with Gasteiger partial charge in [-0.1, -0.05) is 0 Å². The van der Waals surface area contributed by atoms with E-state index in [1.165, 1.54) is 6.92 Å². The van der Waals surface area contributed by atoms with E-state index in [2.05, 4.69) is 0 Å². The molecule has 1 radical (unpaired) electrons. The van der Waals surface area contributed by atoms with Gasteiger partial charge in [0.1, 0.15) is 4.90 Å². The minimum absolute atomic E-state index is 0.0777. The first kappa shape index (κ1) is 12.9. The molecule has 0 amide bonds. The highest BCUT2D eigenvalue weighted by atomic mass is 32.2. The third-order valence-corrected chi connectivity index (χ3v) is 3.72. The summed E-state index contributed by atoms with van der Waals surface area (Å²) in [6, 6.07) is 1.47. The van der Waals surface area contributed by atoms with E-state index < -0.39 is 35.7 Å². The molecule has 9 heteroatoms. The molecule has 1 rings (SSSR count). The summed E-state index contributed by atoms with van der Waals surface area (Å²) >= 11 is 0. The van der Waals surface area contributed by atoms with E-state index in [1.807, 2.05) is 0 Å². The Morgan fingerprint density at radius 1 is 1.00 bits per heavy atom. The Labute approximate surface area is 92.4 Å². The highest BCUT2D eigenvalue weighted by Crippen LogP contribution is 2.26. The molecule has 0 aliphatic carbocycles. The zero-order valence-electron chi connectivity index (χ0n) is 8.00. The number of aryl methyl sites for hydroxylation is 1. The molecule has 1 aromatic rings. The van der Waals surface area contributed by atoms with Gasteiger partial charge in [-0.3, -0.25) is 14.8 Å². The first-order chi connectivity index (χ1) is 7.03. The van der Waals surface area contributed by atoms with Crippen LogP contribution >= 0.6 is 0 Å². The van der Waals surface area contributed by atoms with Crippen molar-refractivity contribution in [2.75, 3.05) is 0 Å². The minimum atomic E-state index is -4.58. The highest BCUT2D eigenvalue weighted by molar-refractivity contribution is 7.86. The van der Waals surface area contributed by atoms with Crippen molar-refractivity contribution in [1.82, 2.24) is 5.73 Å². The Hall–Kier alpha value is -1.16. The largest absolute Gasteiger partial charge is 0.299 e. The van der Waals surface area contributed by atoms with Crippen molar-refractivity contribution in [3.8, 4) is 0 Å². The Morgan fingerprint density at radius 2 is 1.44 bits per heavy atom. The van der Waals surface area contributed by atoms with Crippen LogP contribution < -0.4 is 5.73 Å². The van der Waals surface area contributed by atoms with Crippen LogP contribution in [0.4, 0.5) is 5.69 Å². The summed E-state index contributed by atoms with van der Waals surface area (Å²) in [4.78, 5) is -1.28. The van der Waals surface area contributed by atoms with Gasteiger partial charge in [-0.2, -0.15) is 16.8 Å². The van der Waals surface area contributed by atoms with Gasteiger partial charge in [0.15, 0.2) is 0 Å². The molecule has 0 spiro atoms. The van der Waals surface area contributed by atoms with Crippen LogP contribution in [0.1, 0.15) is 5.56 Å². The average molecular weight is 266 g/mol. The van der Waals surface area contributed by atoms with Crippen LogP contribution in [0.2, 0.25) is 0 Å². The molecule has 89 valence electrons. The maximum Gasteiger partial charge on any atom is 0.296 e. The van der Waals surface area contributed by atoms with E-state index in [1.54, 1.807) is 0 Å². The Morgan fingerprint density at radius 3 is 1.81 bits per heavy atom. The van der Waals surface area contributed by atoms with Crippen molar-refractivity contribution in [1.29, 1.82) is 0 Å². The van der Waals surface area contributed by atoms with Crippen LogP contribution in [0.5, 0.6) is 0 Å². The molecule has 0 fully saturated rings. The second-order valence-corrected chi connectivity index (χ2v) is 5.84. The Bertz CT molecular complexity index is 573. The maximum absolute atomic E-state index is 10.8.